The Bertz CT molecular complexity index is 376. The van der Waals surface area contributed by atoms with Gasteiger partial charge in [0.25, 0.3) is 0 Å². The first-order valence-electron chi connectivity index (χ1n) is 6.69. The van der Waals surface area contributed by atoms with Crippen molar-refractivity contribution in [3.63, 3.8) is 0 Å². The molecule has 0 saturated carbocycles. The van der Waals surface area contributed by atoms with E-state index < -0.39 is 0 Å². The smallest absolute Gasteiger partial charge is 0.0578 e. The third kappa shape index (κ3) is 3.87. The van der Waals surface area contributed by atoms with Crippen molar-refractivity contribution in [2.24, 2.45) is 5.92 Å². The van der Waals surface area contributed by atoms with Crippen LogP contribution in [0, 0.1) is 18.3 Å². The van der Waals surface area contributed by atoms with Crippen molar-refractivity contribution in [2.45, 2.75) is 25.3 Å². The lowest BCUT2D eigenvalue weighted by atomic mass is 9.89. The third-order valence-electron chi connectivity index (χ3n) is 3.56. The van der Waals surface area contributed by atoms with Gasteiger partial charge in [0.2, 0.25) is 0 Å². The number of terminal acetylenes is 1. The zero-order valence-electron chi connectivity index (χ0n) is 10.8. The molecule has 1 aliphatic rings. The molecule has 0 aliphatic carbocycles. The van der Waals surface area contributed by atoms with Crippen LogP contribution in [0.25, 0.3) is 0 Å². The van der Waals surface area contributed by atoms with Gasteiger partial charge in [-0.25, -0.2) is 0 Å². The number of hydrogen-bond donors (Lipinski definition) is 1. The van der Waals surface area contributed by atoms with E-state index in [4.69, 9.17) is 11.2 Å². The first-order chi connectivity index (χ1) is 8.90. The average molecular weight is 243 g/mol. The fraction of sp³-hybridized carbons (Fsp3) is 0.500. The van der Waals surface area contributed by atoms with E-state index >= 15 is 0 Å². The summed E-state index contributed by atoms with van der Waals surface area (Å²) in [7, 11) is 0. The zero-order chi connectivity index (χ0) is 12.6. The van der Waals surface area contributed by atoms with Gasteiger partial charge in [-0.1, -0.05) is 36.3 Å². The Balaban J connectivity index is 1.98. The SMILES string of the molecule is C#CCNC(CC1CCOCC1)c1ccccc1. The molecular formula is C16H21NO. The molecule has 96 valence electrons. The summed E-state index contributed by atoms with van der Waals surface area (Å²) < 4.78 is 5.42. The Hall–Kier alpha value is -1.30. The van der Waals surface area contributed by atoms with Gasteiger partial charge in [0, 0.05) is 19.3 Å². The topological polar surface area (TPSA) is 21.3 Å². The molecule has 1 atom stereocenters. The second-order valence-electron chi connectivity index (χ2n) is 4.84. The lowest BCUT2D eigenvalue weighted by Gasteiger charge is -2.27. The summed E-state index contributed by atoms with van der Waals surface area (Å²) in [5, 5.41) is 3.46. The fourth-order valence-corrected chi connectivity index (χ4v) is 2.52. The number of nitrogens with one attached hydrogen (secondary N) is 1. The van der Waals surface area contributed by atoms with Crippen LogP contribution in [0.3, 0.4) is 0 Å². The normalized spacial score (nSPS) is 18.2. The maximum absolute atomic E-state index is 5.42. The minimum Gasteiger partial charge on any atom is -0.381 e. The van der Waals surface area contributed by atoms with Crippen LogP contribution in [0.1, 0.15) is 30.9 Å². The average Bonchev–Trinajstić information content (AvgIpc) is 2.45. The van der Waals surface area contributed by atoms with Crippen molar-refractivity contribution in [2.75, 3.05) is 19.8 Å². The van der Waals surface area contributed by atoms with Crippen LogP contribution in [0.4, 0.5) is 0 Å². The summed E-state index contributed by atoms with van der Waals surface area (Å²) >= 11 is 0. The second-order valence-corrected chi connectivity index (χ2v) is 4.84. The molecule has 1 fully saturated rings. The van der Waals surface area contributed by atoms with Gasteiger partial charge in [0.1, 0.15) is 0 Å². The van der Waals surface area contributed by atoms with Crippen LogP contribution in [-0.4, -0.2) is 19.8 Å². The number of benzene rings is 1. The summed E-state index contributed by atoms with van der Waals surface area (Å²) in [6.07, 6.45) is 8.84. The van der Waals surface area contributed by atoms with E-state index in [1.807, 2.05) is 0 Å². The van der Waals surface area contributed by atoms with Gasteiger partial charge in [-0.05, 0) is 30.7 Å². The van der Waals surface area contributed by atoms with Crippen LogP contribution in [-0.2, 0) is 4.74 Å². The van der Waals surface area contributed by atoms with Gasteiger partial charge < -0.3 is 4.74 Å². The molecule has 1 saturated heterocycles. The number of rotatable bonds is 5. The molecular weight excluding hydrogens is 222 g/mol. The Labute approximate surface area is 110 Å². The molecule has 1 unspecified atom stereocenters. The highest BCUT2D eigenvalue weighted by Crippen LogP contribution is 2.27. The van der Waals surface area contributed by atoms with Crippen molar-refractivity contribution in [1.29, 1.82) is 0 Å². The van der Waals surface area contributed by atoms with Gasteiger partial charge in [-0.3, -0.25) is 5.32 Å². The first kappa shape index (κ1) is 13.1. The first-order valence-corrected chi connectivity index (χ1v) is 6.69. The van der Waals surface area contributed by atoms with E-state index in [-0.39, 0.29) is 0 Å². The molecule has 1 heterocycles. The molecule has 1 aromatic carbocycles. The molecule has 2 nitrogen and oxygen atoms in total. The van der Waals surface area contributed by atoms with Crippen LogP contribution in [0.15, 0.2) is 30.3 Å². The van der Waals surface area contributed by atoms with Gasteiger partial charge in [0.05, 0.1) is 6.54 Å². The minimum absolute atomic E-state index is 0.366. The highest BCUT2D eigenvalue weighted by atomic mass is 16.5. The predicted molar refractivity (Wildman–Crippen MR) is 74.2 cm³/mol. The van der Waals surface area contributed by atoms with E-state index in [2.05, 4.69) is 41.6 Å². The predicted octanol–water partition coefficient (Wildman–Crippen LogP) is 2.77. The van der Waals surface area contributed by atoms with Gasteiger partial charge in [-0.15, -0.1) is 6.42 Å². The minimum atomic E-state index is 0.366. The van der Waals surface area contributed by atoms with Gasteiger partial charge in [-0.2, -0.15) is 0 Å². The van der Waals surface area contributed by atoms with Crippen LogP contribution in [0.2, 0.25) is 0 Å². The van der Waals surface area contributed by atoms with Crippen molar-refractivity contribution in [1.82, 2.24) is 5.32 Å². The molecule has 2 rings (SSSR count). The monoisotopic (exact) mass is 243 g/mol. The quantitative estimate of drug-likeness (QED) is 0.803. The van der Waals surface area contributed by atoms with Crippen LogP contribution < -0.4 is 5.32 Å². The van der Waals surface area contributed by atoms with Crippen molar-refractivity contribution in [3.05, 3.63) is 35.9 Å². The number of hydrogen-bond acceptors (Lipinski definition) is 2. The van der Waals surface area contributed by atoms with Gasteiger partial charge >= 0.3 is 0 Å². The molecule has 1 aromatic rings. The highest BCUT2D eigenvalue weighted by molar-refractivity contribution is 5.19. The highest BCUT2D eigenvalue weighted by Gasteiger charge is 2.19. The summed E-state index contributed by atoms with van der Waals surface area (Å²) in [5.74, 6) is 3.41. The summed E-state index contributed by atoms with van der Waals surface area (Å²) in [4.78, 5) is 0. The van der Waals surface area contributed by atoms with Crippen molar-refractivity contribution >= 4 is 0 Å². The molecule has 0 spiro atoms. The maximum atomic E-state index is 5.42. The fourth-order valence-electron chi connectivity index (χ4n) is 2.52. The van der Waals surface area contributed by atoms with Crippen LogP contribution >= 0.6 is 0 Å². The van der Waals surface area contributed by atoms with E-state index in [9.17, 15) is 0 Å². The molecule has 0 radical (unpaired) electrons. The lowest BCUT2D eigenvalue weighted by Crippen LogP contribution is -2.26. The standard InChI is InChI=1S/C16H21NO/c1-2-10-17-16(15-6-4-3-5-7-15)13-14-8-11-18-12-9-14/h1,3-7,14,16-17H,8-13H2. The number of ether oxygens (including phenoxy) is 1. The zero-order valence-corrected chi connectivity index (χ0v) is 10.8. The summed E-state index contributed by atoms with van der Waals surface area (Å²) in [5.41, 5.74) is 1.33. The van der Waals surface area contributed by atoms with E-state index in [1.165, 1.54) is 18.4 Å². The van der Waals surface area contributed by atoms with Gasteiger partial charge in [0.15, 0.2) is 0 Å². The molecule has 0 aromatic heterocycles. The Kier molecular flexibility index (Phi) is 5.26. The van der Waals surface area contributed by atoms with E-state index in [1.54, 1.807) is 0 Å². The molecule has 2 heteroatoms. The third-order valence-corrected chi connectivity index (χ3v) is 3.56. The largest absolute Gasteiger partial charge is 0.381 e. The Morgan fingerprint density at radius 1 is 1.28 bits per heavy atom. The molecule has 18 heavy (non-hydrogen) atoms. The Morgan fingerprint density at radius 2 is 2.00 bits per heavy atom. The van der Waals surface area contributed by atoms with Crippen molar-refractivity contribution < 1.29 is 4.74 Å². The molecule has 1 aliphatic heterocycles. The van der Waals surface area contributed by atoms with E-state index in [0.29, 0.717) is 12.6 Å². The van der Waals surface area contributed by atoms with Crippen molar-refractivity contribution in [3.8, 4) is 12.3 Å². The molecule has 1 N–H and O–H groups in total. The van der Waals surface area contributed by atoms with Crippen LogP contribution in [0.5, 0.6) is 0 Å². The summed E-state index contributed by atoms with van der Waals surface area (Å²) in [6, 6.07) is 10.9. The summed E-state index contributed by atoms with van der Waals surface area (Å²) in [6.45, 7) is 2.44. The molecule has 0 amide bonds. The van der Waals surface area contributed by atoms with E-state index in [0.717, 1.165) is 25.6 Å². The second kappa shape index (κ2) is 7.20. The maximum Gasteiger partial charge on any atom is 0.0578 e. The molecule has 0 bridgehead atoms. The Morgan fingerprint density at radius 3 is 2.67 bits per heavy atom. The lowest BCUT2D eigenvalue weighted by molar-refractivity contribution is 0.0606.